The molecule has 0 bridgehead atoms. The molecule has 21 heavy (non-hydrogen) atoms. The van der Waals surface area contributed by atoms with Crippen molar-refractivity contribution in [3.05, 3.63) is 28.9 Å². The molecule has 10 heteroatoms. The Balaban J connectivity index is 1.99. The lowest BCUT2D eigenvalue weighted by molar-refractivity contribution is 0.464. The highest BCUT2D eigenvalue weighted by atomic mass is 79.9. The summed E-state index contributed by atoms with van der Waals surface area (Å²) in [4.78, 5) is 0.0917. The zero-order chi connectivity index (χ0) is 15.3. The Hall–Kier alpha value is -1.23. The van der Waals surface area contributed by atoms with E-state index in [-0.39, 0.29) is 16.1 Å². The zero-order valence-electron chi connectivity index (χ0n) is 11.4. The van der Waals surface area contributed by atoms with Crippen molar-refractivity contribution >= 4 is 26.0 Å². The topological polar surface area (TPSA) is 102 Å². The molecule has 0 saturated carbocycles. The highest BCUT2D eigenvalue weighted by molar-refractivity contribution is 9.10. The summed E-state index contributed by atoms with van der Waals surface area (Å²) >= 11 is 3.13. The molecule has 2 N–H and O–H groups in total. The first kappa shape index (κ1) is 16.1. The lowest BCUT2D eigenvalue weighted by atomic mass is 10.4. The highest BCUT2D eigenvalue weighted by Crippen LogP contribution is 2.25. The van der Waals surface area contributed by atoms with Crippen LogP contribution in [0.4, 0.5) is 0 Å². The molecule has 2 aromatic rings. The van der Waals surface area contributed by atoms with E-state index in [4.69, 9.17) is 4.42 Å². The van der Waals surface area contributed by atoms with Crippen LogP contribution in [-0.2, 0) is 23.1 Å². The predicted molar refractivity (Wildman–Crippen MR) is 79.0 cm³/mol. The van der Waals surface area contributed by atoms with Gasteiger partial charge in [0.05, 0.1) is 19.3 Å². The average Bonchev–Trinajstić information content (AvgIpc) is 3.06. The van der Waals surface area contributed by atoms with Gasteiger partial charge in [-0.25, -0.2) is 13.1 Å². The Morgan fingerprint density at radius 2 is 2.29 bits per heavy atom. The molecular weight excluding hydrogens is 362 g/mol. The molecule has 0 spiro atoms. The third kappa shape index (κ3) is 4.37. The van der Waals surface area contributed by atoms with Gasteiger partial charge in [-0.05, 0) is 22.5 Å². The van der Waals surface area contributed by atoms with Crippen molar-refractivity contribution in [2.45, 2.75) is 24.9 Å². The van der Waals surface area contributed by atoms with E-state index < -0.39 is 10.0 Å². The largest absolute Gasteiger partial charge is 0.452 e. The Bertz CT molecular complexity index is 668. The van der Waals surface area contributed by atoms with E-state index in [0.717, 1.165) is 6.54 Å². The van der Waals surface area contributed by atoms with Crippen LogP contribution in [0.25, 0.3) is 0 Å². The van der Waals surface area contributed by atoms with Crippen molar-refractivity contribution in [3.63, 3.8) is 0 Å². The molecule has 8 nitrogen and oxygen atoms in total. The highest BCUT2D eigenvalue weighted by Gasteiger charge is 2.22. The predicted octanol–water partition coefficient (Wildman–Crippen LogP) is 0.722. The third-order valence-electron chi connectivity index (χ3n) is 2.65. The van der Waals surface area contributed by atoms with Crippen LogP contribution in [0.5, 0.6) is 0 Å². The molecule has 0 aliphatic heterocycles. The van der Waals surface area contributed by atoms with Gasteiger partial charge in [0.25, 0.3) is 0 Å². The molecule has 0 unspecified atom stereocenters. The second kappa shape index (κ2) is 7.16. The number of aromatic nitrogens is 3. The van der Waals surface area contributed by atoms with Crippen LogP contribution < -0.4 is 10.0 Å². The first-order chi connectivity index (χ1) is 10.0. The van der Waals surface area contributed by atoms with E-state index in [9.17, 15) is 8.42 Å². The molecule has 2 heterocycles. The van der Waals surface area contributed by atoms with Gasteiger partial charge in [-0.3, -0.25) is 4.68 Å². The van der Waals surface area contributed by atoms with Crippen molar-refractivity contribution in [1.82, 2.24) is 25.0 Å². The number of rotatable bonds is 8. The summed E-state index contributed by atoms with van der Waals surface area (Å²) < 4.78 is 34.0. The summed E-state index contributed by atoms with van der Waals surface area (Å²) in [5.41, 5.74) is 0. The molecule has 0 amide bonds. The van der Waals surface area contributed by atoms with Gasteiger partial charge in [0, 0.05) is 18.8 Å². The van der Waals surface area contributed by atoms with Crippen molar-refractivity contribution in [1.29, 1.82) is 0 Å². The standard InChI is InChI=1S/C11H16BrN5O3S/c1-2-13-8-9-7-10(11(12)20-9)21(18,19)15-4-6-17-5-3-14-16-17/h3,5,7,13,15H,2,4,6,8H2,1H3. The van der Waals surface area contributed by atoms with Crippen molar-refractivity contribution in [2.75, 3.05) is 13.1 Å². The first-order valence-corrected chi connectivity index (χ1v) is 8.63. The van der Waals surface area contributed by atoms with E-state index >= 15 is 0 Å². The Labute approximate surface area is 131 Å². The third-order valence-corrected chi connectivity index (χ3v) is 4.97. The van der Waals surface area contributed by atoms with E-state index in [1.54, 1.807) is 10.9 Å². The number of halogens is 1. The number of hydrogen-bond donors (Lipinski definition) is 2. The SMILES string of the molecule is CCNCc1cc(S(=O)(=O)NCCn2ccnn2)c(Br)o1. The lowest BCUT2D eigenvalue weighted by Gasteiger charge is -2.04. The molecule has 0 aliphatic rings. The van der Waals surface area contributed by atoms with Crippen LogP contribution in [-0.4, -0.2) is 36.5 Å². The van der Waals surface area contributed by atoms with Gasteiger partial charge < -0.3 is 9.73 Å². The number of hydrogen-bond acceptors (Lipinski definition) is 6. The summed E-state index contributed by atoms with van der Waals surface area (Å²) in [5.74, 6) is 0.556. The van der Waals surface area contributed by atoms with Gasteiger partial charge in [0.15, 0.2) is 4.67 Å². The molecule has 0 aliphatic carbocycles. The van der Waals surface area contributed by atoms with Crippen LogP contribution in [0.15, 0.2) is 32.4 Å². The van der Waals surface area contributed by atoms with Crippen LogP contribution in [0.2, 0.25) is 0 Å². The van der Waals surface area contributed by atoms with E-state index in [1.165, 1.54) is 12.3 Å². The molecule has 0 fully saturated rings. The van der Waals surface area contributed by atoms with Crippen LogP contribution in [0.3, 0.4) is 0 Å². The number of sulfonamides is 1. The quantitative estimate of drug-likeness (QED) is 0.702. The maximum Gasteiger partial charge on any atom is 0.245 e. The normalized spacial score (nSPS) is 11.9. The van der Waals surface area contributed by atoms with Crippen molar-refractivity contribution in [3.8, 4) is 0 Å². The van der Waals surface area contributed by atoms with Gasteiger partial charge in [-0.2, -0.15) is 0 Å². The van der Waals surface area contributed by atoms with Gasteiger partial charge in [-0.1, -0.05) is 12.1 Å². The number of nitrogens with one attached hydrogen (secondary N) is 2. The minimum absolute atomic E-state index is 0.0917. The molecule has 0 saturated heterocycles. The summed E-state index contributed by atoms with van der Waals surface area (Å²) in [6.07, 6.45) is 3.20. The first-order valence-electron chi connectivity index (χ1n) is 6.35. The fraction of sp³-hybridized carbons (Fsp3) is 0.455. The van der Waals surface area contributed by atoms with Crippen LogP contribution in [0, 0.1) is 0 Å². The zero-order valence-corrected chi connectivity index (χ0v) is 13.8. The Morgan fingerprint density at radius 3 is 2.95 bits per heavy atom. The number of furan rings is 1. The molecular formula is C11H16BrN5O3S. The summed E-state index contributed by atoms with van der Waals surface area (Å²) in [6, 6.07) is 1.50. The summed E-state index contributed by atoms with van der Waals surface area (Å²) in [7, 11) is -3.63. The van der Waals surface area contributed by atoms with Crippen molar-refractivity contribution < 1.29 is 12.8 Å². The smallest absolute Gasteiger partial charge is 0.245 e. The second-order valence-corrected chi connectivity index (χ2v) is 6.65. The van der Waals surface area contributed by atoms with Crippen LogP contribution in [0.1, 0.15) is 12.7 Å². The fourth-order valence-electron chi connectivity index (χ4n) is 1.64. The van der Waals surface area contributed by atoms with Gasteiger partial charge in [-0.15, -0.1) is 5.10 Å². The molecule has 116 valence electrons. The van der Waals surface area contributed by atoms with Gasteiger partial charge in [0.2, 0.25) is 10.0 Å². The lowest BCUT2D eigenvalue weighted by Crippen LogP contribution is -2.27. The van der Waals surface area contributed by atoms with Crippen LogP contribution >= 0.6 is 15.9 Å². The molecule has 2 rings (SSSR count). The maximum absolute atomic E-state index is 12.2. The van der Waals surface area contributed by atoms with Gasteiger partial charge >= 0.3 is 0 Å². The molecule has 0 aromatic carbocycles. The second-order valence-electron chi connectivity index (χ2n) is 4.19. The Kier molecular flexibility index (Phi) is 5.51. The Morgan fingerprint density at radius 1 is 1.48 bits per heavy atom. The molecule has 0 atom stereocenters. The molecule has 0 radical (unpaired) electrons. The van der Waals surface area contributed by atoms with E-state index in [0.29, 0.717) is 18.8 Å². The average molecular weight is 378 g/mol. The van der Waals surface area contributed by atoms with E-state index in [1.807, 2.05) is 6.92 Å². The maximum atomic E-state index is 12.2. The fourth-order valence-corrected chi connectivity index (χ4v) is 3.66. The minimum atomic E-state index is -3.63. The monoisotopic (exact) mass is 377 g/mol. The van der Waals surface area contributed by atoms with Crippen molar-refractivity contribution in [2.24, 2.45) is 0 Å². The number of nitrogens with zero attached hydrogens (tertiary/aromatic N) is 3. The summed E-state index contributed by atoms with van der Waals surface area (Å²) in [5, 5.41) is 10.5. The summed E-state index contributed by atoms with van der Waals surface area (Å²) in [6.45, 7) is 3.83. The molecule has 2 aromatic heterocycles. The van der Waals surface area contributed by atoms with Gasteiger partial charge in [0.1, 0.15) is 10.7 Å². The minimum Gasteiger partial charge on any atom is -0.452 e. The van der Waals surface area contributed by atoms with E-state index in [2.05, 4.69) is 36.3 Å².